The summed E-state index contributed by atoms with van der Waals surface area (Å²) in [5.41, 5.74) is -0.00418. The molecule has 1 atom stereocenters. The van der Waals surface area contributed by atoms with Crippen LogP contribution in [0.15, 0.2) is 11.0 Å². The summed E-state index contributed by atoms with van der Waals surface area (Å²) in [5, 5.41) is 3.40. The van der Waals surface area contributed by atoms with Crippen LogP contribution in [0.25, 0.3) is 0 Å². The molecule has 6 nitrogen and oxygen atoms in total. The molecule has 3 N–H and O–H groups in total. The minimum Gasteiger partial charge on any atom is -0.336 e. The number of rotatable bonds is 5. The van der Waals surface area contributed by atoms with Gasteiger partial charge in [-0.05, 0) is 25.3 Å². The topological polar surface area (TPSA) is 81.0 Å². The van der Waals surface area contributed by atoms with E-state index >= 15 is 0 Å². The average molecular weight is 266 g/mol. The molecule has 1 aliphatic rings. The summed E-state index contributed by atoms with van der Waals surface area (Å²) in [5.74, 6) is 0.289. The van der Waals surface area contributed by atoms with Gasteiger partial charge in [-0.2, -0.15) is 0 Å². The molecule has 1 aromatic heterocycles. The number of hydrogen-bond acceptors (Lipinski definition) is 3. The first-order valence-corrected chi connectivity index (χ1v) is 6.86. The molecule has 1 unspecified atom stereocenters. The number of H-pyrrole nitrogens is 2. The van der Waals surface area contributed by atoms with Gasteiger partial charge in [0.25, 0.3) is 5.91 Å². The highest BCUT2D eigenvalue weighted by molar-refractivity contribution is 5.92. The second kappa shape index (κ2) is 6.06. The minimum absolute atomic E-state index is 0.110. The molecule has 2 rings (SSSR count). The maximum Gasteiger partial charge on any atom is 0.323 e. The summed E-state index contributed by atoms with van der Waals surface area (Å²) in [7, 11) is 0. The van der Waals surface area contributed by atoms with Crippen molar-refractivity contribution in [3.8, 4) is 0 Å². The number of aromatic amines is 2. The summed E-state index contributed by atoms with van der Waals surface area (Å²) in [4.78, 5) is 30.3. The van der Waals surface area contributed by atoms with E-state index in [1.54, 1.807) is 0 Å². The van der Waals surface area contributed by atoms with Gasteiger partial charge in [0.05, 0.1) is 0 Å². The summed E-state index contributed by atoms with van der Waals surface area (Å²) >= 11 is 0. The minimum atomic E-state index is -0.341. The lowest BCUT2D eigenvalue weighted by atomic mass is 10.1. The van der Waals surface area contributed by atoms with Crippen LogP contribution in [0.3, 0.4) is 0 Å². The van der Waals surface area contributed by atoms with Gasteiger partial charge in [0.15, 0.2) is 0 Å². The number of amides is 1. The molecule has 1 fully saturated rings. The Bertz CT molecular complexity index is 471. The predicted molar refractivity (Wildman–Crippen MR) is 73.2 cm³/mol. The molecule has 0 saturated carbocycles. The number of hydrogen-bond donors (Lipinski definition) is 3. The number of carbonyl (C=O) groups is 1. The van der Waals surface area contributed by atoms with Crippen LogP contribution in [-0.4, -0.2) is 46.5 Å². The summed E-state index contributed by atoms with van der Waals surface area (Å²) in [6.45, 7) is 6.59. The number of aromatic nitrogens is 2. The first-order chi connectivity index (χ1) is 9.06. The fourth-order valence-electron chi connectivity index (χ4n) is 2.48. The van der Waals surface area contributed by atoms with Crippen LogP contribution in [0.2, 0.25) is 0 Å². The maximum absolute atomic E-state index is 12.4. The molecule has 0 aliphatic carbocycles. The van der Waals surface area contributed by atoms with E-state index in [1.807, 2.05) is 4.90 Å². The molecular weight excluding hydrogens is 244 g/mol. The number of nitrogens with one attached hydrogen (secondary N) is 3. The van der Waals surface area contributed by atoms with Gasteiger partial charge < -0.3 is 20.2 Å². The average Bonchev–Trinajstić information content (AvgIpc) is 2.98. The van der Waals surface area contributed by atoms with E-state index < -0.39 is 0 Å². The van der Waals surface area contributed by atoms with Crippen molar-refractivity contribution in [2.24, 2.45) is 5.92 Å². The van der Waals surface area contributed by atoms with Crippen molar-refractivity contribution >= 4 is 5.91 Å². The molecule has 6 heteroatoms. The van der Waals surface area contributed by atoms with Crippen molar-refractivity contribution in [3.63, 3.8) is 0 Å². The van der Waals surface area contributed by atoms with Crippen molar-refractivity contribution in [1.29, 1.82) is 0 Å². The van der Waals surface area contributed by atoms with E-state index in [4.69, 9.17) is 0 Å². The monoisotopic (exact) mass is 266 g/mol. The van der Waals surface area contributed by atoms with E-state index in [2.05, 4.69) is 29.1 Å². The standard InChI is InChI=1S/C13H22N4O2/c1-9(2)7-17(8-10-4-3-5-14-10)12(18)11-6-15-13(19)16-11/h6,9-10,14H,3-5,7-8H2,1-2H3,(H2,15,16,19). The van der Waals surface area contributed by atoms with E-state index in [0.29, 0.717) is 30.7 Å². The SMILES string of the molecule is CC(C)CN(CC1CCCN1)C(=O)c1c[nH]c(=O)[nH]1. The fraction of sp³-hybridized carbons (Fsp3) is 0.692. The Balaban J connectivity index is 2.07. The first kappa shape index (κ1) is 13.9. The molecule has 106 valence electrons. The molecule has 1 aliphatic heterocycles. The van der Waals surface area contributed by atoms with Crippen LogP contribution in [0, 0.1) is 5.92 Å². The van der Waals surface area contributed by atoms with Gasteiger partial charge in [-0.15, -0.1) is 0 Å². The molecule has 1 saturated heterocycles. The number of nitrogens with zero attached hydrogens (tertiary/aromatic N) is 1. The van der Waals surface area contributed by atoms with Crippen molar-refractivity contribution in [3.05, 3.63) is 22.4 Å². The summed E-state index contributed by atoms with van der Waals surface area (Å²) in [6, 6.07) is 0.369. The Labute approximate surface area is 112 Å². The van der Waals surface area contributed by atoms with Gasteiger partial charge in [0, 0.05) is 25.3 Å². The van der Waals surface area contributed by atoms with E-state index in [-0.39, 0.29) is 11.6 Å². The Morgan fingerprint density at radius 2 is 2.32 bits per heavy atom. The third-order valence-corrected chi connectivity index (χ3v) is 3.30. The van der Waals surface area contributed by atoms with Crippen LogP contribution in [0.5, 0.6) is 0 Å². The van der Waals surface area contributed by atoms with Crippen molar-refractivity contribution < 1.29 is 4.79 Å². The summed E-state index contributed by atoms with van der Waals surface area (Å²) < 4.78 is 0. The van der Waals surface area contributed by atoms with Crippen LogP contribution >= 0.6 is 0 Å². The lowest BCUT2D eigenvalue weighted by molar-refractivity contribution is 0.0716. The highest BCUT2D eigenvalue weighted by atomic mass is 16.2. The van der Waals surface area contributed by atoms with Gasteiger partial charge in [-0.25, -0.2) is 4.79 Å². The van der Waals surface area contributed by atoms with Gasteiger partial charge in [0.1, 0.15) is 5.69 Å². The van der Waals surface area contributed by atoms with Gasteiger partial charge in [-0.3, -0.25) is 4.79 Å². The molecule has 19 heavy (non-hydrogen) atoms. The maximum atomic E-state index is 12.4. The van der Waals surface area contributed by atoms with Crippen LogP contribution in [0.1, 0.15) is 37.2 Å². The predicted octanol–water partition coefficient (Wildman–Crippen LogP) is 0.553. The van der Waals surface area contributed by atoms with Crippen molar-refractivity contribution in [2.45, 2.75) is 32.7 Å². The van der Waals surface area contributed by atoms with Gasteiger partial charge in [0.2, 0.25) is 0 Å². The van der Waals surface area contributed by atoms with Gasteiger partial charge >= 0.3 is 5.69 Å². The highest BCUT2D eigenvalue weighted by Crippen LogP contribution is 2.11. The molecule has 0 spiro atoms. The third-order valence-electron chi connectivity index (χ3n) is 3.30. The molecule has 2 heterocycles. The lowest BCUT2D eigenvalue weighted by Crippen LogP contribution is -2.43. The molecule has 1 aromatic rings. The Kier molecular flexibility index (Phi) is 4.42. The first-order valence-electron chi connectivity index (χ1n) is 6.86. The second-order valence-electron chi connectivity index (χ2n) is 5.55. The smallest absolute Gasteiger partial charge is 0.323 e. The fourth-order valence-corrected chi connectivity index (χ4v) is 2.48. The van der Waals surface area contributed by atoms with Crippen LogP contribution in [-0.2, 0) is 0 Å². The Morgan fingerprint density at radius 3 is 2.84 bits per heavy atom. The molecular formula is C13H22N4O2. The summed E-state index contributed by atoms with van der Waals surface area (Å²) in [6.07, 6.45) is 3.71. The molecule has 0 aromatic carbocycles. The Hall–Kier alpha value is -1.56. The van der Waals surface area contributed by atoms with Crippen LogP contribution in [0.4, 0.5) is 0 Å². The Morgan fingerprint density at radius 1 is 1.53 bits per heavy atom. The third kappa shape index (κ3) is 3.70. The zero-order valence-electron chi connectivity index (χ0n) is 11.5. The lowest BCUT2D eigenvalue weighted by Gasteiger charge is -2.27. The molecule has 1 amide bonds. The van der Waals surface area contributed by atoms with Crippen molar-refractivity contribution in [2.75, 3.05) is 19.6 Å². The number of carbonyl (C=O) groups excluding carboxylic acids is 1. The van der Waals surface area contributed by atoms with Crippen LogP contribution < -0.4 is 11.0 Å². The normalized spacial score (nSPS) is 19.0. The highest BCUT2D eigenvalue weighted by Gasteiger charge is 2.23. The van der Waals surface area contributed by atoms with Crippen molar-refractivity contribution in [1.82, 2.24) is 20.2 Å². The quantitative estimate of drug-likeness (QED) is 0.728. The van der Waals surface area contributed by atoms with E-state index in [1.165, 1.54) is 6.20 Å². The second-order valence-corrected chi connectivity index (χ2v) is 5.55. The molecule has 0 bridgehead atoms. The van der Waals surface area contributed by atoms with E-state index in [0.717, 1.165) is 19.4 Å². The van der Waals surface area contributed by atoms with E-state index in [9.17, 15) is 9.59 Å². The zero-order chi connectivity index (χ0) is 13.8. The molecule has 0 radical (unpaired) electrons. The zero-order valence-corrected chi connectivity index (χ0v) is 11.5. The largest absolute Gasteiger partial charge is 0.336 e. The van der Waals surface area contributed by atoms with Gasteiger partial charge in [-0.1, -0.05) is 13.8 Å². The number of imidazole rings is 1.